The number of nitrogens with zero attached hydrogens (tertiary/aromatic N) is 1. The molecule has 0 amide bonds. The monoisotopic (exact) mass is 256 g/mol. The van der Waals surface area contributed by atoms with Crippen LogP contribution in [0.1, 0.15) is 17.5 Å². The first-order valence-electron chi connectivity index (χ1n) is 5.64. The Morgan fingerprint density at radius 3 is 2.29 bits per heavy atom. The fourth-order valence-corrected chi connectivity index (χ4v) is 2.37. The largest absolute Gasteiger partial charge is 0.330 e. The molecule has 0 saturated heterocycles. The quantitative estimate of drug-likeness (QED) is 0.829. The van der Waals surface area contributed by atoms with Crippen molar-refractivity contribution in [1.29, 1.82) is 0 Å². The van der Waals surface area contributed by atoms with E-state index >= 15 is 0 Å². The summed E-state index contributed by atoms with van der Waals surface area (Å²) in [6.45, 7) is 3.40. The van der Waals surface area contributed by atoms with E-state index < -0.39 is 10.0 Å². The third-order valence-corrected chi connectivity index (χ3v) is 3.81. The van der Waals surface area contributed by atoms with Gasteiger partial charge in [0.15, 0.2) is 0 Å². The van der Waals surface area contributed by atoms with Gasteiger partial charge < -0.3 is 5.73 Å². The Labute approximate surface area is 103 Å². The zero-order valence-corrected chi connectivity index (χ0v) is 11.2. The Kier molecular flexibility index (Phi) is 5.11. The summed E-state index contributed by atoms with van der Waals surface area (Å²) in [4.78, 5) is 0. The molecule has 17 heavy (non-hydrogen) atoms. The summed E-state index contributed by atoms with van der Waals surface area (Å²) in [5, 5.41) is 0. The second-order valence-corrected chi connectivity index (χ2v) is 6.21. The number of benzene rings is 1. The van der Waals surface area contributed by atoms with E-state index in [1.165, 1.54) is 16.1 Å². The molecular weight excluding hydrogens is 236 g/mol. The van der Waals surface area contributed by atoms with Gasteiger partial charge in [-0.05, 0) is 25.5 Å². The van der Waals surface area contributed by atoms with E-state index in [9.17, 15) is 8.42 Å². The lowest BCUT2D eigenvalue weighted by molar-refractivity contribution is 0.405. The lowest BCUT2D eigenvalue weighted by Gasteiger charge is -2.19. The maximum atomic E-state index is 11.6. The second-order valence-electron chi connectivity index (χ2n) is 4.22. The van der Waals surface area contributed by atoms with Crippen LogP contribution in [0.15, 0.2) is 24.3 Å². The summed E-state index contributed by atoms with van der Waals surface area (Å²) in [6, 6.07) is 7.88. The Balaban J connectivity index is 2.76. The van der Waals surface area contributed by atoms with Crippen LogP contribution in [-0.4, -0.2) is 32.1 Å². The van der Waals surface area contributed by atoms with Gasteiger partial charge in [0.2, 0.25) is 10.0 Å². The summed E-state index contributed by atoms with van der Waals surface area (Å²) in [6.07, 6.45) is 1.91. The van der Waals surface area contributed by atoms with Crippen LogP contribution in [0.4, 0.5) is 0 Å². The van der Waals surface area contributed by atoms with Gasteiger partial charge in [0.25, 0.3) is 0 Å². The van der Waals surface area contributed by atoms with Crippen molar-refractivity contribution in [2.24, 2.45) is 5.73 Å². The van der Waals surface area contributed by atoms with E-state index in [0.29, 0.717) is 26.1 Å². The highest BCUT2D eigenvalue weighted by molar-refractivity contribution is 7.88. The molecule has 0 aliphatic rings. The Morgan fingerprint density at radius 2 is 1.82 bits per heavy atom. The lowest BCUT2D eigenvalue weighted by Crippen LogP contribution is -2.31. The molecular formula is C12H20N2O2S. The molecule has 0 bridgehead atoms. The van der Waals surface area contributed by atoms with Gasteiger partial charge in [0, 0.05) is 13.1 Å². The van der Waals surface area contributed by atoms with E-state index in [0.717, 1.165) is 5.56 Å². The summed E-state index contributed by atoms with van der Waals surface area (Å²) >= 11 is 0. The van der Waals surface area contributed by atoms with E-state index in [4.69, 9.17) is 5.73 Å². The second kappa shape index (κ2) is 6.14. The molecule has 0 radical (unpaired) electrons. The van der Waals surface area contributed by atoms with Gasteiger partial charge >= 0.3 is 0 Å². The van der Waals surface area contributed by atoms with Crippen LogP contribution in [0.5, 0.6) is 0 Å². The molecule has 0 spiro atoms. The highest BCUT2D eigenvalue weighted by Crippen LogP contribution is 2.10. The first-order valence-corrected chi connectivity index (χ1v) is 7.49. The van der Waals surface area contributed by atoms with Crippen LogP contribution < -0.4 is 5.73 Å². The highest BCUT2D eigenvalue weighted by atomic mass is 32.2. The molecule has 1 aromatic carbocycles. The molecule has 0 atom stereocenters. The molecule has 0 heterocycles. The number of hydrogen-bond acceptors (Lipinski definition) is 3. The maximum absolute atomic E-state index is 11.6. The summed E-state index contributed by atoms with van der Waals surface area (Å²) in [7, 11) is -3.17. The van der Waals surface area contributed by atoms with E-state index in [1.54, 1.807) is 0 Å². The average molecular weight is 256 g/mol. The van der Waals surface area contributed by atoms with Crippen molar-refractivity contribution in [2.75, 3.05) is 19.3 Å². The molecule has 0 unspecified atom stereocenters. The van der Waals surface area contributed by atoms with E-state index in [2.05, 4.69) is 0 Å². The number of sulfonamides is 1. The molecule has 0 aliphatic carbocycles. The Bertz CT molecular complexity index is 440. The summed E-state index contributed by atoms with van der Waals surface area (Å²) in [5.74, 6) is 0. The Morgan fingerprint density at radius 1 is 1.24 bits per heavy atom. The predicted octanol–water partition coefficient (Wildman–Crippen LogP) is 1.11. The number of hydrogen-bond donors (Lipinski definition) is 1. The van der Waals surface area contributed by atoms with Crippen molar-refractivity contribution in [2.45, 2.75) is 19.9 Å². The molecule has 96 valence electrons. The highest BCUT2D eigenvalue weighted by Gasteiger charge is 2.15. The number of aryl methyl sites for hydroxylation is 1. The number of rotatable bonds is 6. The molecule has 0 aliphatic heterocycles. The van der Waals surface area contributed by atoms with Crippen LogP contribution in [-0.2, 0) is 16.6 Å². The van der Waals surface area contributed by atoms with E-state index in [-0.39, 0.29) is 0 Å². The van der Waals surface area contributed by atoms with Crippen LogP contribution >= 0.6 is 0 Å². The maximum Gasteiger partial charge on any atom is 0.211 e. The first-order chi connectivity index (χ1) is 7.93. The third kappa shape index (κ3) is 4.85. The van der Waals surface area contributed by atoms with Crippen molar-refractivity contribution in [3.05, 3.63) is 35.4 Å². The van der Waals surface area contributed by atoms with Crippen molar-refractivity contribution < 1.29 is 8.42 Å². The minimum atomic E-state index is -3.17. The van der Waals surface area contributed by atoms with Gasteiger partial charge in [-0.15, -0.1) is 0 Å². The van der Waals surface area contributed by atoms with Crippen molar-refractivity contribution in [3.63, 3.8) is 0 Å². The van der Waals surface area contributed by atoms with Crippen LogP contribution in [0.3, 0.4) is 0 Å². The van der Waals surface area contributed by atoms with Crippen LogP contribution in [0.2, 0.25) is 0 Å². The SMILES string of the molecule is Cc1ccc(CN(CCCN)S(C)(=O)=O)cc1. The Hall–Kier alpha value is -0.910. The standard InChI is InChI=1S/C12H20N2O2S/c1-11-4-6-12(7-5-11)10-14(9-3-8-13)17(2,15)16/h4-7H,3,8-10,13H2,1-2H3. The summed E-state index contributed by atoms with van der Waals surface area (Å²) < 4.78 is 24.7. The molecule has 5 heteroatoms. The summed E-state index contributed by atoms with van der Waals surface area (Å²) in [5.41, 5.74) is 7.58. The molecule has 1 aromatic rings. The molecule has 0 fully saturated rings. The lowest BCUT2D eigenvalue weighted by atomic mass is 10.1. The smallest absolute Gasteiger partial charge is 0.211 e. The predicted molar refractivity (Wildman–Crippen MR) is 70.1 cm³/mol. The van der Waals surface area contributed by atoms with Gasteiger partial charge in [0.1, 0.15) is 0 Å². The van der Waals surface area contributed by atoms with Crippen molar-refractivity contribution >= 4 is 10.0 Å². The fraction of sp³-hybridized carbons (Fsp3) is 0.500. The first kappa shape index (κ1) is 14.2. The van der Waals surface area contributed by atoms with Gasteiger partial charge in [-0.3, -0.25) is 0 Å². The van der Waals surface area contributed by atoms with Crippen molar-refractivity contribution in [3.8, 4) is 0 Å². The van der Waals surface area contributed by atoms with Gasteiger partial charge in [0.05, 0.1) is 6.26 Å². The zero-order chi connectivity index (χ0) is 12.9. The minimum Gasteiger partial charge on any atom is -0.330 e. The van der Waals surface area contributed by atoms with Gasteiger partial charge in [-0.2, -0.15) is 4.31 Å². The molecule has 1 rings (SSSR count). The molecule has 0 aromatic heterocycles. The normalized spacial score (nSPS) is 12.0. The minimum absolute atomic E-state index is 0.416. The third-order valence-electron chi connectivity index (χ3n) is 2.56. The van der Waals surface area contributed by atoms with Crippen LogP contribution in [0, 0.1) is 6.92 Å². The van der Waals surface area contributed by atoms with Gasteiger partial charge in [-0.1, -0.05) is 29.8 Å². The molecule has 2 N–H and O–H groups in total. The van der Waals surface area contributed by atoms with Crippen LogP contribution in [0.25, 0.3) is 0 Å². The van der Waals surface area contributed by atoms with E-state index in [1.807, 2.05) is 31.2 Å². The van der Waals surface area contributed by atoms with Gasteiger partial charge in [-0.25, -0.2) is 8.42 Å². The molecule has 4 nitrogen and oxygen atoms in total. The molecule has 0 saturated carbocycles. The average Bonchev–Trinajstić information content (AvgIpc) is 2.25. The van der Waals surface area contributed by atoms with Crippen molar-refractivity contribution in [1.82, 2.24) is 4.31 Å². The topological polar surface area (TPSA) is 63.4 Å². The zero-order valence-electron chi connectivity index (χ0n) is 10.4. The number of nitrogens with two attached hydrogens (primary N) is 1. The fourth-order valence-electron chi connectivity index (χ4n) is 1.53.